The highest BCUT2D eigenvalue weighted by Gasteiger charge is 2.05. The molecule has 0 saturated heterocycles. The van der Waals surface area contributed by atoms with E-state index in [9.17, 15) is 8.60 Å². The Balaban J connectivity index is 2.26. The Bertz CT molecular complexity index is 815. The van der Waals surface area contributed by atoms with E-state index in [2.05, 4.69) is 11.8 Å². The third-order valence-corrected chi connectivity index (χ3v) is 3.55. The molecule has 2 aromatic carbocycles. The van der Waals surface area contributed by atoms with Crippen LogP contribution in [0.25, 0.3) is 0 Å². The summed E-state index contributed by atoms with van der Waals surface area (Å²) in [5.74, 6) is 5.23. The Labute approximate surface area is 130 Å². The number of aryl methyl sites for hydroxylation is 1. The zero-order valence-electron chi connectivity index (χ0n) is 11.5. The van der Waals surface area contributed by atoms with Gasteiger partial charge in [0.15, 0.2) is 11.1 Å². The molecule has 1 atom stereocenters. The third-order valence-electron chi connectivity index (χ3n) is 2.99. The minimum Gasteiger partial charge on any atom is -0.306 e. The molecule has 0 bridgehead atoms. The molecule has 0 fully saturated rings. The van der Waals surface area contributed by atoms with Gasteiger partial charge in [0.25, 0.3) is 0 Å². The molecule has 0 spiro atoms. The lowest BCUT2D eigenvalue weighted by Gasteiger charge is -2.02. The number of hydrogen-bond donors (Lipinski definition) is 1. The van der Waals surface area contributed by atoms with E-state index in [1.165, 1.54) is 6.07 Å². The van der Waals surface area contributed by atoms with Crippen molar-refractivity contribution in [3.05, 3.63) is 70.5 Å². The number of nitrogens with zero attached hydrogens (tertiary/aromatic N) is 1. The SMILES string of the molecule is N#Cc1cc(C#Cc2ccccc2F)ccc1CCS(=O)O. The van der Waals surface area contributed by atoms with Crippen LogP contribution in [-0.2, 0) is 17.5 Å². The first-order valence-electron chi connectivity index (χ1n) is 6.47. The lowest BCUT2D eigenvalue weighted by molar-refractivity contribution is 0.563. The van der Waals surface area contributed by atoms with Gasteiger partial charge in [-0.15, -0.1) is 0 Å². The predicted octanol–water partition coefficient (Wildman–Crippen LogP) is 2.86. The first-order valence-corrected chi connectivity index (χ1v) is 7.75. The van der Waals surface area contributed by atoms with Crippen molar-refractivity contribution in [1.82, 2.24) is 0 Å². The van der Waals surface area contributed by atoms with Crippen molar-refractivity contribution in [3.8, 4) is 17.9 Å². The molecule has 2 rings (SSSR count). The predicted molar refractivity (Wildman–Crippen MR) is 82.9 cm³/mol. The Kier molecular flexibility index (Phi) is 5.43. The molecule has 0 radical (unpaired) electrons. The fraction of sp³-hybridized carbons (Fsp3) is 0.118. The molecule has 0 aliphatic carbocycles. The largest absolute Gasteiger partial charge is 0.306 e. The molecule has 22 heavy (non-hydrogen) atoms. The average Bonchev–Trinajstić information content (AvgIpc) is 2.52. The molecule has 1 unspecified atom stereocenters. The summed E-state index contributed by atoms with van der Waals surface area (Å²) in [5.41, 5.74) is 1.99. The van der Waals surface area contributed by atoms with Crippen LogP contribution in [0.15, 0.2) is 42.5 Å². The van der Waals surface area contributed by atoms with Crippen molar-refractivity contribution in [2.24, 2.45) is 0 Å². The van der Waals surface area contributed by atoms with Crippen molar-refractivity contribution in [3.63, 3.8) is 0 Å². The standard InChI is InChI=1S/C17H12FNO2S/c18-17-4-2-1-3-15(17)8-6-13-5-7-14(9-10-22(20)21)16(11-13)12-19/h1-5,7,11H,9-10H2,(H,20,21). The van der Waals surface area contributed by atoms with Crippen molar-refractivity contribution < 1.29 is 13.2 Å². The van der Waals surface area contributed by atoms with Gasteiger partial charge in [-0.1, -0.05) is 30.0 Å². The Morgan fingerprint density at radius 1 is 1.14 bits per heavy atom. The number of rotatable bonds is 3. The van der Waals surface area contributed by atoms with Gasteiger partial charge >= 0.3 is 0 Å². The molecule has 110 valence electrons. The summed E-state index contributed by atoms with van der Waals surface area (Å²) >= 11 is -1.89. The minimum atomic E-state index is -1.89. The molecular formula is C17H12FNO2S. The number of halogens is 1. The van der Waals surface area contributed by atoms with Crippen molar-refractivity contribution in [1.29, 1.82) is 5.26 Å². The first-order chi connectivity index (χ1) is 10.6. The highest BCUT2D eigenvalue weighted by atomic mass is 32.2. The van der Waals surface area contributed by atoms with Crippen LogP contribution in [0.3, 0.4) is 0 Å². The van der Waals surface area contributed by atoms with Crippen molar-refractivity contribution in [2.75, 3.05) is 5.75 Å². The van der Waals surface area contributed by atoms with Crippen molar-refractivity contribution >= 4 is 11.1 Å². The molecule has 0 saturated carbocycles. The molecule has 2 aromatic rings. The normalized spacial score (nSPS) is 11.1. The van der Waals surface area contributed by atoms with Crippen LogP contribution in [0.1, 0.15) is 22.3 Å². The van der Waals surface area contributed by atoms with E-state index in [4.69, 9.17) is 9.81 Å². The third kappa shape index (κ3) is 4.26. The lowest BCUT2D eigenvalue weighted by Crippen LogP contribution is -2.01. The van der Waals surface area contributed by atoms with E-state index in [-0.39, 0.29) is 5.75 Å². The fourth-order valence-electron chi connectivity index (χ4n) is 1.88. The fourth-order valence-corrected chi connectivity index (χ4v) is 2.27. The Hall–Kier alpha value is -2.47. The van der Waals surface area contributed by atoms with E-state index in [1.807, 2.05) is 6.07 Å². The van der Waals surface area contributed by atoms with Crippen LogP contribution < -0.4 is 0 Å². The van der Waals surface area contributed by atoms with Crippen LogP contribution in [0, 0.1) is 29.0 Å². The molecule has 5 heteroatoms. The van der Waals surface area contributed by atoms with Gasteiger partial charge in [0, 0.05) is 5.56 Å². The average molecular weight is 313 g/mol. The van der Waals surface area contributed by atoms with Crippen LogP contribution in [0.2, 0.25) is 0 Å². The maximum absolute atomic E-state index is 13.5. The minimum absolute atomic E-state index is 0.0783. The van der Waals surface area contributed by atoms with Gasteiger partial charge in [0.05, 0.1) is 22.9 Å². The second-order valence-electron chi connectivity index (χ2n) is 4.49. The molecule has 3 nitrogen and oxygen atoms in total. The molecule has 0 amide bonds. The number of nitriles is 1. The topological polar surface area (TPSA) is 61.1 Å². The lowest BCUT2D eigenvalue weighted by atomic mass is 10.0. The van der Waals surface area contributed by atoms with Gasteiger partial charge in [0.1, 0.15) is 5.82 Å². The quantitative estimate of drug-likeness (QED) is 0.700. The molecule has 0 aliphatic rings. The summed E-state index contributed by atoms with van der Waals surface area (Å²) in [6, 6.07) is 13.3. The van der Waals surface area contributed by atoms with Gasteiger partial charge in [-0.25, -0.2) is 8.60 Å². The maximum Gasteiger partial charge on any atom is 0.153 e. The van der Waals surface area contributed by atoms with Gasteiger partial charge in [-0.2, -0.15) is 5.26 Å². The highest BCUT2D eigenvalue weighted by molar-refractivity contribution is 7.79. The second-order valence-corrected chi connectivity index (χ2v) is 5.54. The van der Waals surface area contributed by atoms with Gasteiger partial charge in [-0.05, 0) is 36.2 Å². The summed E-state index contributed by atoms with van der Waals surface area (Å²) < 4.78 is 33.0. The highest BCUT2D eigenvalue weighted by Crippen LogP contribution is 2.12. The summed E-state index contributed by atoms with van der Waals surface area (Å²) in [6.45, 7) is 0. The molecule has 0 aromatic heterocycles. The zero-order valence-corrected chi connectivity index (χ0v) is 12.4. The van der Waals surface area contributed by atoms with Gasteiger partial charge in [0.2, 0.25) is 0 Å². The van der Waals surface area contributed by atoms with E-state index < -0.39 is 16.9 Å². The number of hydrogen-bond acceptors (Lipinski definition) is 2. The van der Waals surface area contributed by atoms with Crippen LogP contribution in [0.5, 0.6) is 0 Å². The van der Waals surface area contributed by atoms with Crippen LogP contribution in [0.4, 0.5) is 4.39 Å². The summed E-state index contributed by atoms with van der Waals surface area (Å²) in [5, 5.41) is 9.14. The zero-order chi connectivity index (χ0) is 15.9. The first kappa shape index (κ1) is 15.9. The van der Waals surface area contributed by atoms with Crippen LogP contribution in [-0.4, -0.2) is 14.5 Å². The molecular weight excluding hydrogens is 301 g/mol. The monoisotopic (exact) mass is 313 g/mol. The van der Waals surface area contributed by atoms with E-state index >= 15 is 0 Å². The molecule has 1 N–H and O–H groups in total. The summed E-state index contributed by atoms with van der Waals surface area (Å²) in [7, 11) is 0. The van der Waals surface area contributed by atoms with E-state index in [0.717, 1.165) is 0 Å². The smallest absolute Gasteiger partial charge is 0.153 e. The van der Waals surface area contributed by atoms with E-state index in [0.29, 0.717) is 28.7 Å². The Morgan fingerprint density at radius 3 is 2.59 bits per heavy atom. The summed E-state index contributed by atoms with van der Waals surface area (Å²) in [4.78, 5) is 0. The maximum atomic E-state index is 13.5. The molecule has 0 aliphatic heterocycles. The van der Waals surface area contributed by atoms with Gasteiger partial charge < -0.3 is 4.55 Å². The second kappa shape index (κ2) is 7.51. The van der Waals surface area contributed by atoms with Gasteiger partial charge in [-0.3, -0.25) is 0 Å². The molecule has 0 heterocycles. The Morgan fingerprint density at radius 2 is 1.91 bits per heavy atom. The van der Waals surface area contributed by atoms with Crippen LogP contribution >= 0.6 is 0 Å². The van der Waals surface area contributed by atoms with Crippen molar-refractivity contribution in [2.45, 2.75) is 6.42 Å². The summed E-state index contributed by atoms with van der Waals surface area (Å²) in [6.07, 6.45) is 0.340. The number of benzene rings is 2. The van der Waals surface area contributed by atoms with E-state index in [1.54, 1.807) is 36.4 Å².